The Kier molecular flexibility index (Phi) is 4.33. The highest BCUT2D eigenvalue weighted by molar-refractivity contribution is 7.88. The quantitative estimate of drug-likeness (QED) is 0.722. The third-order valence-corrected chi connectivity index (χ3v) is 5.39. The highest BCUT2D eigenvalue weighted by Crippen LogP contribution is 2.29. The van der Waals surface area contributed by atoms with Crippen LogP contribution in [0.2, 0.25) is 0 Å². The first-order chi connectivity index (χ1) is 9.29. The number of rotatable bonds is 3. The normalized spacial score (nSPS) is 25.9. The maximum Gasteiger partial charge on any atom is 0.225 e. The molecule has 0 aromatic heterocycles. The first-order valence-corrected chi connectivity index (χ1v) is 8.67. The number of sulfonamides is 1. The van der Waals surface area contributed by atoms with E-state index in [4.69, 9.17) is 5.73 Å². The first-order valence-electron chi connectivity index (χ1n) is 6.82. The van der Waals surface area contributed by atoms with Gasteiger partial charge < -0.3 is 10.6 Å². The van der Waals surface area contributed by atoms with Crippen molar-refractivity contribution in [2.75, 3.05) is 32.4 Å². The number of hydrogen-bond acceptors (Lipinski definition) is 4. The van der Waals surface area contributed by atoms with Gasteiger partial charge in [0, 0.05) is 32.1 Å². The second kappa shape index (κ2) is 5.69. The van der Waals surface area contributed by atoms with Crippen molar-refractivity contribution in [2.45, 2.75) is 19.3 Å². The van der Waals surface area contributed by atoms with Gasteiger partial charge in [0.1, 0.15) is 0 Å². The molecule has 2 rings (SSSR count). The Balaban J connectivity index is 2.13. The maximum absolute atomic E-state index is 12.3. The van der Waals surface area contributed by atoms with E-state index in [1.54, 1.807) is 4.90 Å². The molecule has 0 bridgehead atoms. The number of nitrogens with two attached hydrogens (primary N) is 1. The van der Waals surface area contributed by atoms with Crippen LogP contribution in [0.3, 0.4) is 0 Å². The number of carbonyl (C=O) groups is 2. The molecule has 0 aromatic carbocycles. The van der Waals surface area contributed by atoms with Gasteiger partial charge in [-0.25, -0.2) is 8.42 Å². The maximum atomic E-state index is 12.3. The summed E-state index contributed by atoms with van der Waals surface area (Å²) in [4.78, 5) is 25.3. The molecular formula is C12H21N3O4S. The fourth-order valence-corrected chi connectivity index (χ4v) is 3.44. The number of carbonyl (C=O) groups excluding carboxylic acids is 2. The van der Waals surface area contributed by atoms with Crippen LogP contribution >= 0.6 is 0 Å². The highest BCUT2D eigenvalue weighted by Gasteiger charge is 2.35. The Morgan fingerprint density at radius 1 is 1.10 bits per heavy atom. The van der Waals surface area contributed by atoms with Crippen LogP contribution in [-0.4, -0.2) is 61.9 Å². The van der Waals surface area contributed by atoms with Crippen molar-refractivity contribution in [3.05, 3.63) is 0 Å². The molecule has 0 spiro atoms. The summed E-state index contributed by atoms with van der Waals surface area (Å²) in [5.41, 5.74) is 5.33. The largest absolute Gasteiger partial charge is 0.369 e. The van der Waals surface area contributed by atoms with Gasteiger partial charge in [-0.1, -0.05) is 6.42 Å². The Morgan fingerprint density at radius 2 is 1.75 bits per heavy atom. The Morgan fingerprint density at radius 3 is 2.20 bits per heavy atom. The molecule has 2 amide bonds. The number of nitrogens with zero attached hydrogens (tertiary/aromatic N) is 2. The molecule has 0 radical (unpaired) electrons. The van der Waals surface area contributed by atoms with Gasteiger partial charge in [-0.2, -0.15) is 4.31 Å². The van der Waals surface area contributed by atoms with Crippen molar-refractivity contribution >= 4 is 21.8 Å². The number of amides is 2. The second-order valence-corrected chi connectivity index (χ2v) is 7.61. The minimum atomic E-state index is -3.39. The number of hydrogen-bond donors (Lipinski definition) is 1. The van der Waals surface area contributed by atoms with E-state index in [2.05, 4.69) is 0 Å². The van der Waals surface area contributed by atoms with Crippen LogP contribution in [0.4, 0.5) is 0 Å². The summed E-state index contributed by atoms with van der Waals surface area (Å²) >= 11 is 0. The summed E-state index contributed by atoms with van der Waals surface area (Å²) in [6.45, 7) is 0.826. The smallest absolute Gasteiger partial charge is 0.225 e. The van der Waals surface area contributed by atoms with E-state index in [-0.39, 0.29) is 31.5 Å². The van der Waals surface area contributed by atoms with Crippen molar-refractivity contribution < 1.29 is 18.0 Å². The lowest BCUT2D eigenvalue weighted by Gasteiger charge is -2.31. The minimum Gasteiger partial charge on any atom is -0.369 e. The van der Waals surface area contributed by atoms with Crippen molar-refractivity contribution in [2.24, 2.45) is 17.6 Å². The van der Waals surface area contributed by atoms with E-state index < -0.39 is 21.8 Å². The monoisotopic (exact) mass is 303 g/mol. The van der Waals surface area contributed by atoms with Crippen LogP contribution in [0.1, 0.15) is 19.3 Å². The minimum absolute atomic E-state index is 0.0258. The summed E-state index contributed by atoms with van der Waals surface area (Å²) in [5.74, 6) is -1.14. The van der Waals surface area contributed by atoms with Gasteiger partial charge in [0.25, 0.3) is 0 Å². The average molecular weight is 303 g/mol. The fourth-order valence-electron chi connectivity index (χ4n) is 2.58. The lowest BCUT2D eigenvalue weighted by molar-refractivity contribution is -0.139. The molecule has 7 nitrogen and oxygen atoms in total. The first kappa shape index (κ1) is 15.2. The van der Waals surface area contributed by atoms with Gasteiger partial charge in [0.15, 0.2) is 0 Å². The van der Waals surface area contributed by atoms with Crippen molar-refractivity contribution in [1.29, 1.82) is 0 Å². The Labute approximate surface area is 119 Å². The molecule has 20 heavy (non-hydrogen) atoms. The van der Waals surface area contributed by atoms with Crippen molar-refractivity contribution in [1.82, 2.24) is 9.21 Å². The van der Waals surface area contributed by atoms with E-state index in [9.17, 15) is 18.0 Å². The zero-order valence-electron chi connectivity index (χ0n) is 11.6. The molecule has 1 heterocycles. The predicted octanol–water partition coefficient (Wildman–Crippen LogP) is -1.01. The van der Waals surface area contributed by atoms with E-state index in [1.165, 1.54) is 4.31 Å². The third-order valence-electron chi connectivity index (χ3n) is 4.12. The lowest BCUT2D eigenvalue weighted by Crippen LogP contribution is -2.44. The Hall–Kier alpha value is -1.15. The van der Waals surface area contributed by atoms with E-state index in [0.29, 0.717) is 6.54 Å². The van der Waals surface area contributed by atoms with E-state index in [1.807, 2.05) is 0 Å². The number of primary amides is 1. The predicted molar refractivity (Wildman–Crippen MR) is 73.0 cm³/mol. The molecule has 1 aliphatic carbocycles. The van der Waals surface area contributed by atoms with Crippen LogP contribution in [-0.2, 0) is 19.6 Å². The summed E-state index contributed by atoms with van der Waals surface area (Å²) < 4.78 is 24.5. The van der Waals surface area contributed by atoms with Crippen LogP contribution in [0.5, 0.6) is 0 Å². The van der Waals surface area contributed by atoms with Gasteiger partial charge in [-0.3, -0.25) is 9.59 Å². The van der Waals surface area contributed by atoms with E-state index in [0.717, 1.165) is 25.5 Å². The summed E-state index contributed by atoms with van der Waals surface area (Å²) in [7, 11) is -3.39. The molecule has 1 aliphatic heterocycles. The van der Waals surface area contributed by atoms with Gasteiger partial charge in [-0.15, -0.1) is 0 Å². The molecule has 2 N–H and O–H groups in total. The second-order valence-electron chi connectivity index (χ2n) is 5.63. The SMILES string of the molecule is CS(=O)(=O)N1CCN(C(=O)C2CCC2)C[C@@H](C(N)=O)C1. The van der Waals surface area contributed by atoms with Gasteiger partial charge in [-0.05, 0) is 12.8 Å². The topological polar surface area (TPSA) is 101 Å². The summed E-state index contributed by atoms with van der Waals surface area (Å²) in [5, 5.41) is 0. The van der Waals surface area contributed by atoms with Crippen LogP contribution < -0.4 is 5.73 Å². The molecule has 114 valence electrons. The van der Waals surface area contributed by atoms with Crippen LogP contribution in [0.15, 0.2) is 0 Å². The Bertz CT molecular complexity index is 501. The fraction of sp³-hybridized carbons (Fsp3) is 0.833. The zero-order valence-corrected chi connectivity index (χ0v) is 12.4. The molecule has 2 aliphatic rings. The molecule has 1 atom stereocenters. The highest BCUT2D eigenvalue weighted by atomic mass is 32.2. The molecular weight excluding hydrogens is 282 g/mol. The molecule has 0 unspecified atom stereocenters. The van der Waals surface area contributed by atoms with Gasteiger partial charge >= 0.3 is 0 Å². The summed E-state index contributed by atoms with van der Waals surface area (Å²) in [6, 6.07) is 0. The van der Waals surface area contributed by atoms with Crippen LogP contribution in [0, 0.1) is 11.8 Å². The van der Waals surface area contributed by atoms with Gasteiger partial charge in [0.2, 0.25) is 21.8 Å². The third kappa shape index (κ3) is 3.29. The van der Waals surface area contributed by atoms with Crippen LogP contribution in [0.25, 0.3) is 0 Å². The van der Waals surface area contributed by atoms with Crippen molar-refractivity contribution in [3.8, 4) is 0 Å². The average Bonchev–Trinajstić information content (AvgIpc) is 2.48. The molecule has 8 heteroatoms. The van der Waals surface area contributed by atoms with Crippen molar-refractivity contribution in [3.63, 3.8) is 0 Å². The standard InChI is InChI=1S/C12H21N3O4S/c1-20(18,19)15-6-5-14(7-10(8-15)11(13)16)12(17)9-3-2-4-9/h9-10H,2-8H2,1H3,(H2,13,16)/t10-/m1/s1. The zero-order chi connectivity index (χ0) is 14.9. The molecule has 2 fully saturated rings. The molecule has 1 saturated carbocycles. The lowest BCUT2D eigenvalue weighted by atomic mass is 9.84. The summed E-state index contributed by atoms with van der Waals surface area (Å²) in [6.07, 6.45) is 3.92. The van der Waals surface area contributed by atoms with E-state index >= 15 is 0 Å². The molecule has 0 aromatic rings. The molecule has 1 saturated heterocycles. The van der Waals surface area contributed by atoms with Gasteiger partial charge in [0.05, 0.1) is 12.2 Å².